The zero-order chi connectivity index (χ0) is 12.6. The third-order valence-electron chi connectivity index (χ3n) is 2.73. The number of piperidine rings is 1. The molecule has 0 spiro atoms. The lowest BCUT2D eigenvalue weighted by Crippen LogP contribution is -2.36. The second-order valence-corrected chi connectivity index (χ2v) is 3.87. The summed E-state index contributed by atoms with van der Waals surface area (Å²) in [6.07, 6.45) is 1.70. The second kappa shape index (κ2) is 4.35. The average molecular weight is 246 g/mol. The van der Waals surface area contributed by atoms with E-state index in [0.717, 1.165) is 11.3 Å². The maximum absolute atomic E-state index is 13.5. The zero-order valence-electron chi connectivity index (χ0n) is 8.86. The third kappa shape index (κ3) is 1.99. The van der Waals surface area contributed by atoms with Crippen molar-refractivity contribution in [1.82, 2.24) is 0 Å². The predicted octanol–water partition coefficient (Wildman–Crippen LogP) is 3.21. The first-order valence-corrected chi connectivity index (χ1v) is 5.20. The summed E-state index contributed by atoms with van der Waals surface area (Å²) >= 11 is 0. The van der Waals surface area contributed by atoms with Crippen LogP contribution < -0.4 is 4.90 Å². The van der Waals surface area contributed by atoms with Gasteiger partial charge in [0, 0.05) is 19.0 Å². The molecule has 0 amide bonds. The Kier molecular flexibility index (Phi) is 3.04. The van der Waals surface area contributed by atoms with E-state index in [4.69, 9.17) is 5.41 Å². The number of halogens is 4. The van der Waals surface area contributed by atoms with Crippen LogP contribution in [0.15, 0.2) is 6.07 Å². The van der Waals surface area contributed by atoms with Gasteiger partial charge in [-0.1, -0.05) is 0 Å². The molecule has 1 fully saturated rings. The molecule has 1 aromatic rings. The van der Waals surface area contributed by atoms with Crippen LogP contribution in [0, 0.1) is 28.7 Å². The highest BCUT2D eigenvalue weighted by Gasteiger charge is 2.27. The van der Waals surface area contributed by atoms with Crippen molar-refractivity contribution in [2.45, 2.75) is 19.3 Å². The normalized spacial score (nSPS) is 16.5. The molecule has 1 aliphatic rings. The Labute approximate surface area is 95.4 Å². The van der Waals surface area contributed by atoms with Crippen molar-refractivity contribution < 1.29 is 17.6 Å². The monoisotopic (exact) mass is 246 g/mol. The SMILES string of the molecule is N=C1CCCCN1c1c(F)c(F)cc(F)c1F. The van der Waals surface area contributed by atoms with Gasteiger partial charge in [-0.2, -0.15) is 0 Å². The molecule has 2 rings (SSSR count). The van der Waals surface area contributed by atoms with Gasteiger partial charge in [0.1, 0.15) is 11.5 Å². The van der Waals surface area contributed by atoms with E-state index in [1.165, 1.54) is 0 Å². The van der Waals surface area contributed by atoms with Gasteiger partial charge < -0.3 is 4.90 Å². The lowest BCUT2D eigenvalue weighted by atomic mass is 10.1. The molecule has 1 N–H and O–H groups in total. The summed E-state index contributed by atoms with van der Waals surface area (Å²) in [5.41, 5.74) is -0.799. The quantitative estimate of drug-likeness (QED) is 0.597. The van der Waals surface area contributed by atoms with E-state index >= 15 is 0 Å². The molecule has 0 saturated carbocycles. The molecule has 0 atom stereocenters. The molecule has 0 radical (unpaired) electrons. The van der Waals surface area contributed by atoms with Gasteiger partial charge >= 0.3 is 0 Å². The Morgan fingerprint density at radius 2 is 1.59 bits per heavy atom. The van der Waals surface area contributed by atoms with Gasteiger partial charge in [-0.3, -0.25) is 5.41 Å². The lowest BCUT2D eigenvalue weighted by molar-refractivity contribution is 0.453. The summed E-state index contributed by atoms with van der Waals surface area (Å²) in [4.78, 5) is 0.986. The van der Waals surface area contributed by atoms with Crippen LogP contribution in [0.2, 0.25) is 0 Å². The lowest BCUT2D eigenvalue weighted by Gasteiger charge is -2.29. The molecule has 1 saturated heterocycles. The van der Waals surface area contributed by atoms with E-state index in [-0.39, 0.29) is 18.4 Å². The van der Waals surface area contributed by atoms with Crippen molar-refractivity contribution in [1.29, 1.82) is 5.41 Å². The summed E-state index contributed by atoms with van der Waals surface area (Å²) in [7, 11) is 0. The van der Waals surface area contributed by atoms with Crippen molar-refractivity contribution in [3.63, 3.8) is 0 Å². The molecule has 1 aliphatic heterocycles. The molecule has 0 unspecified atom stereocenters. The Bertz CT molecular complexity index is 447. The first-order chi connectivity index (χ1) is 8.02. The molecule has 0 aromatic heterocycles. The molecule has 17 heavy (non-hydrogen) atoms. The number of rotatable bonds is 1. The number of benzene rings is 1. The van der Waals surface area contributed by atoms with Gasteiger partial charge in [-0.15, -0.1) is 0 Å². The van der Waals surface area contributed by atoms with Crippen LogP contribution >= 0.6 is 0 Å². The van der Waals surface area contributed by atoms with Crippen LogP contribution in [0.3, 0.4) is 0 Å². The van der Waals surface area contributed by atoms with Gasteiger partial charge in [-0.05, 0) is 12.8 Å². The third-order valence-corrected chi connectivity index (χ3v) is 2.73. The van der Waals surface area contributed by atoms with Crippen LogP contribution in [0.25, 0.3) is 0 Å². The summed E-state index contributed by atoms with van der Waals surface area (Å²) in [5.74, 6) is -5.82. The minimum Gasteiger partial charge on any atom is -0.325 e. The van der Waals surface area contributed by atoms with Gasteiger partial charge in [0.25, 0.3) is 0 Å². The minimum absolute atomic E-state index is 0.0287. The van der Waals surface area contributed by atoms with Crippen molar-refractivity contribution in [3.8, 4) is 0 Å². The Morgan fingerprint density at radius 3 is 2.12 bits per heavy atom. The van der Waals surface area contributed by atoms with Gasteiger partial charge in [0.05, 0.1) is 0 Å². The van der Waals surface area contributed by atoms with Crippen LogP contribution in [-0.4, -0.2) is 12.4 Å². The molecule has 6 heteroatoms. The molecule has 0 bridgehead atoms. The first-order valence-electron chi connectivity index (χ1n) is 5.20. The highest BCUT2D eigenvalue weighted by molar-refractivity contribution is 5.96. The van der Waals surface area contributed by atoms with Crippen LogP contribution in [0.5, 0.6) is 0 Å². The Balaban J connectivity index is 2.53. The van der Waals surface area contributed by atoms with Crippen LogP contribution in [0.4, 0.5) is 23.2 Å². The van der Waals surface area contributed by atoms with E-state index in [1.54, 1.807) is 0 Å². The maximum atomic E-state index is 13.5. The zero-order valence-corrected chi connectivity index (χ0v) is 8.86. The fourth-order valence-corrected chi connectivity index (χ4v) is 1.88. The van der Waals surface area contributed by atoms with Crippen molar-refractivity contribution in [2.75, 3.05) is 11.4 Å². The molecular formula is C11H10F4N2. The van der Waals surface area contributed by atoms with Gasteiger partial charge in [-0.25, -0.2) is 17.6 Å². The van der Waals surface area contributed by atoms with Crippen LogP contribution in [-0.2, 0) is 0 Å². The molecule has 2 nitrogen and oxygen atoms in total. The van der Waals surface area contributed by atoms with Crippen molar-refractivity contribution in [2.24, 2.45) is 0 Å². The molecular weight excluding hydrogens is 236 g/mol. The maximum Gasteiger partial charge on any atom is 0.185 e. The van der Waals surface area contributed by atoms with E-state index in [2.05, 4.69) is 0 Å². The van der Waals surface area contributed by atoms with E-state index in [0.29, 0.717) is 12.8 Å². The number of nitrogens with zero attached hydrogens (tertiary/aromatic N) is 1. The average Bonchev–Trinajstić information content (AvgIpc) is 2.29. The number of amidine groups is 1. The molecule has 92 valence electrons. The summed E-state index contributed by atoms with van der Waals surface area (Å²) in [6, 6.07) is 0.168. The van der Waals surface area contributed by atoms with E-state index < -0.39 is 29.0 Å². The van der Waals surface area contributed by atoms with E-state index in [1.807, 2.05) is 0 Å². The van der Waals surface area contributed by atoms with Gasteiger partial charge in [0.2, 0.25) is 0 Å². The topological polar surface area (TPSA) is 27.1 Å². The first kappa shape index (κ1) is 11.9. The summed E-state index contributed by atoms with van der Waals surface area (Å²) in [5, 5.41) is 7.57. The summed E-state index contributed by atoms with van der Waals surface area (Å²) in [6.45, 7) is 0.190. The molecule has 0 aliphatic carbocycles. The smallest absolute Gasteiger partial charge is 0.185 e. The number of nitrogens with one attached hydrogen (secondary N) is 1. The Morgan fingerprint density at radius 1 is 1.00 bits per heavy atom. The summed E-state index contributed by atoms with van der Waals surface area (Å²) < 4.78 is 53.0. The highest BCUT2D eigenvalue weighted by Crippen LogP contribution is 2.30. The molecule has 1 aromatic carbocycles. The number of hydrogen-bond acceptors (Lipinski definition) is 1. The van der Waals surface area contributed by atoms with Crippen molar-refractivity contribution >= 4 is 11.5 Å². The van der Waals surface area contributed by atoms with Gasteiger partial charge in [0.15, 0.2) is 23.3 Å². The van der Waals surface area contributed by atoms with E-state index in [9.17, 15) is 17.6 Å². The molecule has 1 heterocycles. The Hall–Kier alpha value is -1.59. The van der Waals surface area contributed by atoms with Crippen LogP contribution in [0.1, 0.15) is 19.3 Å². The number of anilines is 1. The highest BCUT2D eigenvalue weighted by atomic mass is 19.2. The standard InChI is InChI=1S/C11H10F4N2/c12-6-5-7(13)10(15)11(9(6)14)17-4-2-1-3-8(17)16/h5,16H,1-4H2. The number of hydrogen-bond donors (Lipinski definition) is 1. The minimum atomic E-state index is -1.45. The fourth-order valence-electron chi connectivity index (χ4n) is 1.88. The largest absolute Gasteiger partial charge is 0.325 e. The predicted molar refractivity (Wildman–Crippen MR) is 55.2 cm³/mol. The van der Waals surface area contributed by atoms with Crippen molar-refractivity contribution in [3.05, 3.63) is 29.3 Å². The second-order valence-electron chi connectivity index (χ2n) is 3.87. The fraction of sp³-hybridized carbons (Fsp3) is 0.364.